The van der Waals surface area contributed by atoms with Crippen LogP contribution in [0.5, 0.6) is 5.75 Å². The van der Waals surface area contributed by atoms with Crippen LogP contribution in [0.4, 0.5) is 0 Å². The fourth-order valence-electron chi connectivity index (χ4n) is 8.68. The lowest BCUT2D eigenvalue weighted by Gasteiger charge is -2.60. The molecule has 0 unspecified atom stereocenters. The molecule has 4 saturated carbocycles. The summed E-state index contributed by atoms with van der Waals surface area (Å²) in [4.78, 5) is 0. The van der Waals surface area contributed by atoms with E-state index in [0.717, 1.165) is 29.4 Å². The zero-order valence-corrected chi connectivity index (χ0v) is 19.7. The van der Waals surface area contributed by atoms with Crippen LogP contribution in [0.1, 0.15) is 78.1 Å². The number of hydrogen-bond acceptors (Lipinski definition) is 3. The Morgan fingerprint density at radius 1 is 0.935 bits per heavy atom. The Bertz CT molecular complexity index is 738. The second kappa shape index (κ2) is 8.71. The quantitative estimate of drug-likeness (QED) is 0.604. The van der Waals surface area contributed by atoms with E-state index in [0.29, 0.717) is 30.0 Å². The van der Waals surface area contributed by atoms with Gasteiger partial charge in [-0.05, 0) is 98.0 Å². The maximum Gasteiger partial charge on any atom is 0.119 e. The first-order chi connectivity index (χ1) is 15.0. The largest absolute Gasteiger partial charge is 0.491 e. The fraction of sp³-hybridized carbons (Fsp3) is 0.786. The van der Waals surface area contributed by atoms with Crippen molar-refractivity contribution in [3.8, 4) is 5.75 Å². The van der Waals surface area contributed by atoms with Crippen LogP contribution in [-0.2, 0) is 0 Å². The Morgan fingerprint density at radius 2 is 1.74 bits per heavy atom. The van der Waals surface area contributed by atoms with E-state index in [1.54, 1.807) is 0 Å². The normalized spacial score (nSPS) is 42.9. The molecule has 172 valence electrons. The van der Waals surface area contributed by atoms with Crippen molar-refractivity contribution in [1.29, 1.82) is 0 Å². The lowest BCUT2D eigenvalue weighted by Crippen LogP contribution is -2.55. The molecular formula is C28H43NO2. The first-order valence-corrected chi connectivity index (χ1v) is 13.1. The molecule has 31 heavy (non-hydrogen) atoms. The number of aliphatic hydroxyl groups excluding tert-OH is 1. The second-order valence-electron chi connectivity index (χ2n) is 11.8. The molecule has 0 bridgehead atoms. The van der Waals surface area contributed by atoms with E-state index in [2.05, 4.69) is 19.2 Å². The molecule has 8 atom stereocenters. The predicted molar refractivity (Wildman–Crippen MR) is 126 cm³/mol. The Labute approximate surface area is 189 Å². The third-order valence-electron chi connectivity index (χ3n) is 10.4. The van der Waals surface area contributed by atoms with Crippen LogP contribution in [0.3, 0.4) is 0 Å². The van der Waals surface area contributed by atoms with Gasteiger partial charge in [-0.2, -0.15) is 0 Å². The van der Waals surface area contributed by atoms with Crippen LogP contribution in [0, 0.1) is 34.5 Å². The molecule has 0 saturated heterocycles. The number of fused-ring (bicyclic) bond motifs is 5. The topological polar surface area (TPSA) is 41.5 Å². The smallest absolute Gasteiger partial charge is 0.119 e. The molecule has 4 aliphatic rings. The SMILES string of the molecule is C[C@@]12CC[C@H]3[C@@H](CC[C@H]4CCCC[C@@]43C)[C@H]1CC[C@@H]2NC[C@H](O)COc1ccccc1. The van der Waals surface area contributed by atoms with Crippen LogP contribution < -0.4 is 10.1 Å². The fourth-order valence-corrected chi connectivity index (χ4v) is 8.68. The van der Waals surface area contributed by atoms with Gasteiger partial charge < -0.3 is 15.2 Å². The minimum Gasteiger partial charge on any atom is -0.491 e. The zero-order chi connectivity index (χ0) is 21.5. The molecule has 4 fully saturated rings. The molecule has 2 N–H and O–H groups in total. The van der Waals surface area contributed by atoms with Gasteiger partial charge in [-0.1, -0.05) is 44.9 Å². The van der Waals surface area contributed by atoms with Gasteiger partial charge in [0.1, 0.15) is 18.5 Å². The van der Waals surface area contributed by atoms with Crippen LogP contribution in [0.2, 0.25) is 0 Å². The van der Waals surface area contributed by atoms with E-state index in [4.69, 9.17) is 4.74 Å². The minimum atomic E-state index is -0.462. The summed E-state index contributed by atoms with van der Waals surface area (Å²) in [5, 5.41) is 14.3. The summed E-state index contributed by atoms with van der Waals surface area (Å²) in [6, 6.07) is 10.4. The van der Waals surface area contributed by atoms with E-state index in [1.165, 1.54) is 64.2 Å². The molecule has 0 heterocycles. The molecule has 3 heteroatoms. The van der Waals surface area contributed by atoms with E-state index in [-0.39, 0.29) is 0 Å². The first-order valence-electron chi connectivity index (χ1n) is 13.1. The van der Waals surface area contributed by atoms with Crippen molar-refractivity contribution in [2.45, 2.75) is 90.2 Å². The highest BCUT2D eigenvalue weighted by Gasteiger charge is 2.59. The molecule has 0 radical (unpaired) electrons. The van der Waals surface area contributed by atoms with E-state index >= 15 is 0 Å². The average Bonchev–Trinajstić information content (AvgIpc) is 3.13. The number of aliphatic hydroxyl groups is 1. The van der Waals surface area contributed by atoms with Gasteiger partial charge in [0.25, 0.3) is 0 Å². The molecule has 0 aromatic heterocycles. The van der Waals surface area contributed by atoms with Crippen LogP contribution in [-0.4, -0.2) is 30.4 Å². The maximum absolute atomic E-state index is 10.5. The van der Waals surface area contributed by atoms with Crippen molar-refractivity contribution >= 4 is 0 Å². The molecule has 0 aliphatic heterocycles. The van der Waals surface area contributed by atoms with Gasteiger partial charge in [0, 0.05) is 12.6 Å². The van der Waals surface area contributed by atoms with Gasteiger partial charge in [0.2, 0.25) is 0 Å². The summed E-state index contributed by atoms with van der Waals surface area (Å²) in [5.41, 5.74) is 1.03. The van der Waals surface area contributed by atoms with E-state index in [1.807, 2.05) is 30.3 Å². The van der Waals surface area contributed by atoms with Crippen molar-refractivity contribution in [2.75, 3.05) is 13.2 Å². The Hall–Kier alpha value is -1.06. The number of hydrogen-bond donors (Lipinski definition) is 2. The summed E-state index contributed by atoms with van der Waals surface area (Å²) >= 11 is 0. The molecule has 3 nitrogen and oxygen atoms in total. The summed E-state index contributed by atoms with van der Waals surface area (Å²) in [5.74, 6) is 4.62. The average molecular weight is 426 g/mol. The second-order valence-corrected chi connectivity index (χ2v) is 11.8. The van der Waals surface area contributed by atoms with Crippen LogP contribution >= 0.6 is 0 Å². The van der Waals surface area contributed by atoms with E-state index in [9.17, 15) is 5.11 Å². The zero-order valence-electron chi connectivity index (χ0n) is 19.7. The molecule has 5 rings (SSSR count). The van der Waals surface area contributed by atoms with Gasteiger partial charge in [0.15, 0.2) is 0 Å². The lowest BCUT2D eigenvalue weighted by atomic mass is 9.45. The lowest BCUT2D eigenvalue weighted by molar-refractivity contribution is -0.107. The van der Waals surface area contributed by atoms with Gasteiger partial charge in [-0.15, -0.1) is 0 Å². The van der Waals surface area contributed by atoms with Crippen molar-refractivity contribution in [2.24, 2.45) is 34.5 Å². The number of para-hydroxylation sites is 1. The third kappa shape index (κ3) is 3.95. The summed E-state index contributed by atoms with van der Waals surface area (Å²) in [6.07, 6.45) is 13.9. The molecule has 1 aromatic carbocycles. The van der Waals surface area contributed by atoms with Gasteiger partial charge in [-0.3, -0.25) is 0 Å². The Kier molecular flexibility index (Phi) is 6.11. The van der Waals surface area contributed by atoms with Crippen molar-refractivity contribution in [3.63, 3.8) is 0 Å². The molecule has 4 aliphatic carbocycles. The maximum atomic E-state index is 10.5. The standard InChI is InChI=1S/C28H43NO2/c1-27-16-7-6-8-20(27)11-12-23-24-13-14-26(28(24,2)17-15-25(23)27)29-18-21(30)19-31-22-9-4-3-5-10-22/h3-5,9-10,20-21,23-26,29-30H,6-8,11-19H2,1-2H3/t20-,21+,23+,24-,25+,26+,27+,28-/m1/s1. The van der Waals surface area contributed by atoms with Crippen LogP contribution in [0.15, 0.2) is 30.3 Å². The monoisotopic (exact) mass is 425 g/mol. The van der Waals surface area contributed by atoms with Gasteiger partial charge in [0.05, 0.1) is 0 Å². The summed E-state index contributed by atoms with van der Waals surface area (Å²) in [7, 11) is 0. The van der Waals surface area contributed by atoms with E-state index < -0.39 is 6.10 Å². The third-order valence-corrected chi connectivity index (χ3v) is 10.4. The van der Waals surface area contributed by atoms with Crippen molar-refractivity contribution < 1.29 is 9.84 Å². The van der Waals surface area contributed by atoms with Gasteiger partial charge in [-0.25, -0.2) is 0 Å². The summed E-state index contributed by atoms with van der Waals surface area (Å²) < 4.78 is 5.76. The molecular weight excluding hydrogens is 382 g/mol. The molecule has 0 spiro atoms. The Balaban J connectivity index is 1.18. The minimum absolute atomic E-state index is 0.355. The Morgan fingerprint density at radius 3 is 2.58 bits per heavy atom. The number of ether oxygens (including phenoxy) is 1. The highest BCUT2D eigenvalue weighted by molar-refractivity contribution is 5.21. The van der Waals surface area contributed by atoms with Crippen molar-refractivity contribution in [3.05, 3.63) is 30.3 Å². The highest BCUT2D eigenvalue weighted by atomic mass is 16.5. The van der Waals surface area contributed by atoms with Crippen LogP contribution in [0.25, 0.3) is 0 Å². The molecule has 1 aromatic rings. The molecule has 0 amide bonds. The first kappa shape index (κ1) is 21.8. The predicted octanol–water partition coefficient (Wildman–Crippen LogP) is 5.82. The highest BCUT2D eigenvalue weighted by Crippen LogP contribution is 2.66. The summed E-state index contributed by atoms with van der Waals surface area (Å²) in [6.45, 7) is 6.23. The van der Waals surface area contributed by atoms with Gasteiger partial charge >= 0.3 is 0 Å². The van der Waals surface area contributed by atoms with Crippen molar-refractivity contribution in [1.82, 2.24) is 5.32 Å². The number of nitrogens with one attached hydrogen (secondary N) is 1. The number of benzene rings is 1. The number of rotatable bonds is 6.